The van der Waals surface area contributed by atoms with Crippen LogP contribution in [0, 0.1) is 16.7 Å². The van der Waals surface area contributed by atoms with Gasteiger partial charge < -0.3 is 9.64 Å². The Bertz CT molecular complexity index is 872. The molecule has 2 fully saturated rings. The highest BCUT2D eigenvalue weighted by Crippen LogP contribution is 2.46. The summed E-state index contributed by atoms with van der Waals surface area (Å²) in [6.07, 6.45) is 1.98. The number of hydrogen-bond acceptors (Lipinski definition) is 6. The van der Waals surface area contributed by atoms with Gasteiger partial charge in [-0.05, 0) is 52.0 Å². The summed E-state index contributed by atoms with van der Waals surface area (Å²) in [5.74, 6) is -0.230. The number of fused-ring (bicyclic) bond motifs is 2. The molecule has 1 amide bonds. The van der Waals surface area contributed by atoms with Crippen LogP contribution in [0.2, 0.25) is 0 Å². The Hall–Kier alpha value is -2.11. The van der Waals surface area contributed by atoms with Crippen molar-refractivity contribution >= 4 is 16.2 Å². The molecule has 7 nitrogen and oxygen atoms in total. The van der Waals surface area contributed by atoms with E-state index >= 15 is 0 Å². The van der Waals surface area contributed by atoms with E-state index < -0.39 is 21.1 Å². The highest BCUT2D eigenvalue weighted by atomic mass is 32.2. The van der Waals surface area contributed by atoms with E-state index in [0.717, 1.165) is 12.8 Å². The molecule has 2 bridgehead atoms. The number of benzene rings is 1. The number of hydrogen-bond donors (Lipinski definition) is 0. The summed E-state index contributed by atoms with van der Waals surface area (Å²) < 4.78 is 35.6. The molecule has 158 valence electrons. The molecule has 2 aliphatic heterocycles. The van der Waals surface area contributed by atoms with Crippen LogP contribution in [0.1, 0.15) is 52.0 Å². The highest BCUT2D eigenvalue weighted by Gasteiger charge is 2.52. The number of amides is 1. The van der Waals surface area contributed by atoms with Crippen molar-refractivity contribution < 1.29 is 22.1 Å². The van der Waals surface area contributed by atoms with Crippen LogP contribution >= 0.6 is 0 Å². The molecule has 1 aromatic carbocycles. The third-order valence-electron chi connectivity index (χ3n) is 5.42. The zero-order chi connectivity index (χ0) is 21.3. The Balaban J connectivity index is 1.66. The molecule has 0 radical (unpaired) electrons. The van der Waals surface area contributed by atoms with Crippen molar-refractivity contribution in [3.05, 3.63) is 35.9 Å². The molecule has 0 aromatic heterocycles. The molecule has 2 saturated heterocycles. The van der Waals surface area contributed by atoms with E-state index in [1.807, 2.05) is 26.8 Å². The lowest BCUT2D eigenvalue weighted by Gasteiger charge is -2.42. The predicted molar refractivity (Wildman–Crippen MR) is 107 cm³/mol. The highest BCUT2D eigenvalue weighted by molar-refractivity contribution is 7.85. The van der Waals surface area contributed by atoms with Gasteiger partial charge in [0.05, 0.1) is 18.1 Å². The molecule has 1 unspecified atom stereocenters. The zero-order valence-corrected chi connectivity index (χ0v) is 17.9. The summed E-state index contributed by atoms with van der Waals surface area (Å²) in [7, 11) is -3.81. The van der Waals surface area contributed by atoms with Gasteiger partial charge in [0.1, 0.15) is 11.4 Å². The summed E-state index contributed by atoms with van der Waals surface area (Å²) in [6, 6.07) is 10.8. The average molecular weight is 421 g/mol. The smallest absolute Gasteiger partial charge is 0.410 e. The van der Waals surface area contributed by atoms with E-state index in [1.54, 1.807) is 29.2 Å². The number of carbonyl (C=O) groups is 1. The quantitative estimate of drug-likeness (QED) is 0.675. The number of ether oxygens (including phenoxy) is 1. The summed E-state index contributed by atoms with van der Waals surface area (Å²) in [5.41, 5.74) is -0.874. The first-order valence-corrected chi connectivity index (χ1v) is 11.4. The van der Waals surface area contributed by atoms with Crippen LogP contribution in [0.15, 0.2) is 30.3 Å². The molecule has 8 heteroatoms. The van der Waals surface area contributed by atoms with Crippen molar-refractivity contribution in [2.24, 2.45) is 5.41 Å². The SMILES string of the molecule is CC(C)(C)OC(=O)N1[C@@H]2CC[C@H]1CC(C#N)(COS(=O)(=O)Cc1ccccc1)C2. The Kier molecular flexibility index (Phi) is 5.93. The molecule has 3 atom stereocenters. The van der Waals surface area contributed by atoms with Crippen molar-refractivity contribution in [1.29, 1.82) is 5.26 Å². The van der Waals surface area contributed by atoms with Crippen molar-refractivity contribution in [3.8, 4) is 6.07 Å². The zero-order valence-electron chi connectivity index (χ0n) is 17.1. The predicted octanol–water partition coefficient (Wildman–Crippen LogP) is 3.60. The van der Waals surface area contributed by atoms with Crippen LogP contribution in [-0.4, -0.2) is 43.7 Å². The van der Waals surface area contributed by atoms with Gasteiger partial charge in [-0.15, -0.1) is 0 Å². The molecule has 0 spiro atoms. The summed E-state index contributed by atoms with van der Waals surface area (Å²) in [6.45, 7) is 5.28. The van der Waals surface area contributed by atoms with Gasteiger partial charge in [0.2, 0.25) is 0 Å². The fraction of sp³-hybridized carbons (Fsp3) is 0.619. The van der Waals surface area contributed by atoms with E-state index in [-0.39, 0.29) is 30.5 Å². The lowest BCUT2D eigenvalue weighted by Crippen LogP contribution is -2.52. The molecule has 2 heterocycles. The van der Waals surface area contributed by atoms with Crippen molar-refractivity contribution in [1.82, 2.24) is 4.90 Å². The topological polar surface area (TPSA) is 96.7 Å². The van der Waals surface area contributed by atoms with E-state index in [0.29, 0.717) is 18.4 Å². The molecule has 3 rings (SSSR count). The van der Waals surface area contributed by atoms with Crippen LogP contribution < -0.4 is 0 Å². The van der Waals surface area contributed by atoms with Gasteiger partial charge in [-0.1, -0.05) is 30.3 Å². The van der Waals surface area contributed by atoms with Gasteiger partial charge >= 0.3 is 6.09 Å². The number of rotatable bonds is 5. The maximum atomic E-state index is 12.6. The minimum Gasteiger partial charge on any atom is -0.444 e. The lowest BCUT2D eigenvalue weighted by molar-refractivity contribution is -0.00984. The Morgan fingerprint density at radius 3 is 2.31 bits per heavy atom. The van der Waals surface area contributed by atoms with E-state index in [4.69, 9.17) is 8.92 Å². The minimum atomic E-state index is -3.81. The van der Waals surface area contributed by atoms with Crippen LogP contribution in [0.4, 0.5) is 4.79 Å². The molecular weight excluding hydrogens is 392 g/mol. The van der Waals surface area contributed by atoms with Gasteiger partial charge in [0.25, 0.3) is 10.1 Å². The number of carbonyl (C=O) groups excluding carboxylic acids is 1. The molecular formula is C21H28N2O5S. The summed E-state index contributed by atoms with van der Waals surface area (Å²) in [5, 5.41) is 9.84. The normalized spacial score (nSPS) is 26.8. The van der Waals surface area contributed by atoms with E-state index in [1.165, 1.54) is 0 Å². The fourth-order valence-electron chi connectivity index (χ4n) is 4.22. The Labute approximate surface area is 172 Å². The largest absolute Gasteiger partial charge is 0.444 e. The monoisotopic (exact) mass is 420 g/mol. The average Bonchev–Trinajstić information content (AvgIpc) is 2.91. The number of nitrogens with zero attached hydrogens (tertiary/aromatic N) is 2. The summed E-state index contributed by atoms with van der Waals surface area (Å²) >= 11 is 0. The van der Waals surface area contributed by atoms with Crippen LogP contribution in [0.3, 0.4) is 0 Å². The Morgan fingerprint density at radius 2 is 1.79 bits per heavy atom. The van der Waals surface area contributed by atoms with E-state index in [9.17, 15) is 18.5 Å². The molecule has 1 aromatic rings. The van der Waals surface area contributed by atoms with Gasteiger partial charge in [0.15, 0.2) is 0 Å². The maximum absolute atomic E-state index is 12.6. The van der Waals surface area contributed by atoms with Gasteiger partial charge in [-0.2, -0.15) is 13.7 Å². The van der Waals surface area contributed by atoms with Crippen LogP contribution in [0.25, 0.3) is 0 Å². The molecule has 29 heavy (non-hydrogen) atoms. The van der Waals surface area contributed by atoms with Gasteiger partial charge in [-0.3, -0.25) is 4.18 Å². The Morgan fingerprint density at radius 1 is 1.21 bits per heavy atom. The fourth-order valence-corrected chi connectivity index (χ4v) is 5.31. The van der Waals surface area contributed by atoms with Crippen molar-refractivity contribution in [3.63, 3.8) is 0 Å². The second-order valence-electron chi connectivity index (χ2n) is 9.02. The standard InChI is InChI=1S/C21H28N2O5S/c1-20(2,3)28-19(24)23-17-9-10-18(23)12-21(11-17,14-22)15-27-29(25,26)13-16-7-5-4-6-8-16/h4-8,17-18H,9-13,15H2,1-3H3/t17-,18+,21?. The number of piperidine rings is 1. The molecule has 2 aliphatic rings. The van der Waals surface area contributed by atoms with Crippen molar-refractivity contribution in [2.75, 3.05) is 6.61 Å². The van der Waals surface area contributed by atoms with Crippen LogP contribution in [0.5, 0.6) is 0 Å². The molecule has 0 N–H and O–H groups in total. The van der Waals surface area contributed by atoms with Crippen LogP contribution in [-0.2, 0) is 24.8 Å². The second kappa shape index (κ2) is 7.96. The number of nitriles is 1. The van der Waals surface area contributed by atoms with E-state index in [2.05, 4.69) is 6.07 Å². The molecule has 0 aliphatic carbocycles. The van der Waals surface area contributed by atoms with Gasteiger partial charge in [-0.25, -0.2) is 4.79 Å². The van der Waals surface area contributed by atoms with Gasteiger partial charge in [0, 0.05) is 12.1 Å². The maximum Gasteiger partial charge on any atom is 0.410 e. The van der Waals surface area contributed by atoms with Crippen molar-refractivity contribution in [2.45, 2.75) is 69.9 Å². The molecule has 0 saturated carbocycles. The first-order valence-electron chi connectivity index (χ1n) is 9.86. The minimum absolute atomic E-state index is 0.135. The summed E-state index contributed by atoms with van der Waals surface area (Å²) in [4.78, 5) is 14.3. The first-order chi connectivity index (χ1) is 13.5. The second-order valence-corrected chi connectivity index (χ2v) is 10.7. The third kappa shape index (κ3) is 5.28. The third-order valence-corrected chi connectivity index (χ3v) is 6.58. The lowest BCUT2D eigenvalue weighted by atomic mass is 9.77. The first kappa shape index (κ1) is 21.6.